The minimum Gasteiger partial charge on any atom is -0.496 e. The number of amidine groups is 1. The molecule has 2 aromatic carbocycles. The zero-order chi connectivity index (χ0) is 16.6. The van der Waals surface area contributed by atoms with Gasteiger partial charge in [-0.1, -0.05) is 34.1 Å². The largest absolute Gasteiger partial charge is 0.496 e. The molecule has 5 heteroatoms. The van der Waals surface area contributed by atoms with Gasteiger partial charge in [0.05, 0.1) is 12.8 Å². The highest BCUT2D eigenvalue weighted by atomic mass is 79.9. The van der Waals surface area contributed by atoms with Crippen molar-refractivity contribution in [3.05, 3.63) is 63.6 Å². The van der Waals surface area contributed by atoms with Gasteiger partial charge in [0.15, 0.2) is 0 Å². The number of hydrogen-bond acceptors (Lipinski definition) is 4. The van der Waals surface area contributed by atoms with E-state index >= 15 is 0 Å². The third-order valence-corrected chi connectivity index (χ3v) is 4.50. The van der Waals surface area contributed by atoms with Crippen LogP contribution in [-0.2, 0) is 5.66 Å². The van der Waals surface area contributed by atoms with Crippen LogP contribution in [0, 0.1) is 6.92 Å². The van der Waals surface area contributed by atoms with Gasteiger partial charge in [0.2, 0.25) is 5.66 Å². The molecule has 1 aliphatic rings. The highest BCUT2D eigenvalue weighted by molar-refractivity contribution is 9.10. The molecule has 0 saturated carbocycles. The van der Waals surface area contributed by atoms with Crippen LogP contribution in [0.1, 0.15) is 23.6 Å². The monoisotopic (exact) mass is 371 g/mol. The molecule has 0 spiro atoms. The van der Waals surface area contributed by atoms with Crippen LogP contribution in [0.3, 0.4) is 0 Å². The molecule has 1 aliphatic heterocycles. The summed E-state index contributed by atoms with van der Waals surface area (Å²) in [6, 6.07) is 14.0. The summed E-state index contributed by atoms with van der Waals surface area (Å²) in [6.45, 7) is 3.89. The summed E-state index contributed by atoms with van der Waals surface area (Å²) in [4.78, 5) is 9.51. The Hall–Kier alpha value is -2.14. The number of nitrogens with two attached hydrogens (primary N) is 1. The van der Waals surface area contributed by atoms with Crippen molar-refractivity contribution in [2.24, 2.45) is 15.7 Å². The summed E-state index contributed by atoms with van der Waals surface area (Å²) in [5.41, 5.74) is 8.92. The normalized spacial score (nSPS) is 20.2. The average Bonchev–Trinajstić information content (AvgIpc) is 2.84. The van der Waals surface area contributed by atoms with E-state index in [1.165, 1.54) is 0 Å². The number of rotatable bonds is 3. The lowest BCUT2D eigenvalue weighted by Crippen LogP contribution is -2.22. The van der Waals surface area contributed by atoms with Crippen LogP contribution in [0.2, 0.25) is 0 Å². The molecule has 3 rings (SSSR count). The van der Waals surface area contributed by atoms with Crippen molar-refractivity contribution in [2.45, 2.75) is 19.5 Å². The zero-order valence-electron chi connectivity index (χ0n) is 13.3. The van der Waals surface area contributed by atoms with Crippen molar-refractivity contribution < 1.29 is 4.74 Å². The predicted octanol–water partition coefficient (Wildman–Crippen LogP) is 3.80. The molecule has 118 valence electrons. The predicted molar refractivity (Wildman–Crippen MR) is 97.4 cm³/mol. The highest BCUT2D eigenvalue weighted by Gasteiger charge is 2.38. The molecule has 2 aromatic rings. The zero-order valence-corrected chi connectivity index (χ0v) is 14.9. The van der Waals surface area contributed by atoms with Crippen molar-refractivity contribution in [1.82, 2.24) is 0 Å². The second-order valence-corrected chi connectivity index (χ2v) is 6.48. The van der Waals surface area contributed by atoms with Crippen LogP contribution in [0.25, 0.3) is 0 Å². The van der Waals surface area contributed by atoms with Gasteiger partial charge >= 0.3 is 0 Å². The van der Waals surface area contributed by atoms with E-state index in [9.17, 15) is 0 Å². The van der Waals surface area contributed by atoms with Crippen LogP contribution in [0.4, 0.5) is 0 Å². The number of hydrogen-bond donors (Lipinski definition) is 1. The van der Waals surface area contributed by atoms with E-state index in [-0.39, 0.29) is 0 Å². The molecular weight excluding hydrogens is 354 g/mol. The molecule has 23 heavy (non-hydrogen) atoms. The van der Waals surface area contributed by atoms with Crippen molar-refractivity contribution in [3.63, 3.8) is 0 Å². The van der Waals surface area contributed by atoms with Crippen LogP contribution in [0.5, 0.6) is 5.75 Å². The van der Waals surface area contributed by atoms with Crippen molar-refractivity contribution in [2.75, 3.05) is 7.11 Å². The lowest BCUT2D eigenvalue weighted by molar-refractivity contribution is 0.411. The summed E-state index contributed by atoms with van der Waals surface area (Å²) in [7, 11) is 1.67. The fourth-order valence-corrected chi connectivity index (χ4v) is 3.20. The number of aryl methyl sites for hydroxylation is 1. The molecule has 0 bridgehead atoms. The van der Waals surface area contributed by atoms with E-state index in [1.54, 1.807) is 7.11 Å². The molecule has 0 radical (unpaired) electrons. The Morgan fingerprint density at radius 2 is 1.78 bits per heavy atom. The van der Waals surface area contributed by atoms with Gasteiger partial charge < -0.3 is 10.5 Å². The molecule has 0 fully saturated rings. The lowest BCUT2D eigenvalue weighted by Gasteiger charge is -2.25. The molecule has 4 nitrogen and oxygen atoms in total. The number of halogens is 1. The minimum absolute atomic E-state index is 0.471. The molecule has 0 amide bonds. The second kappa shape index (κ2) is 5.81. The maximum atomic E-state index is 6.04. The number of ether oxygens (including phenoxy) is 1. The van der Waals surface area contributed by atoms with E-state index in [4.69, 9.17) is 20.5 Å². The van der Waals surface area contributed by atoms with Crippen LogP contribution in [-0.4, -0.2) is 18.7 Å². The first kappa shape index (κ1) is 15.7. The maximum Gasteiger partial charge on any atom is 0.204 e. The number of nitrogens with zero attached hydrogens (tertiary/aromatic N) is 2. The SMILES string of the molecule is COc1ccc(C2(c3cccc(Br)c3)N=C(C)C(N)=N2)cc1C. The van der Waals surface area contributed by atoms with Gasteiger partial charge in [0.1, 0.15) is 11.6 Å². The fourth-order valence-electron chi connectivity index (χ4n) is 2.81. The Balaban J connectivity index is 2.25. The van der Waals surface area contributed by atoms with Crippen molar-refractivity contribution in [3.8, 4) is 5.75 Å². The molecule has 2 N–H and O–H groups in total. The summed E-state index contributed by atoms with van der Waals surface area (Å²) >= 11 is 3.53. The fraction of sp³-hybridized carbons (Fsp3) is 0.222. The first-order valence-electron chi connectivity index (χ1n) is 7.29. The highest BCUT2D eigenvalue weighted by Crippen LogP contribution is 2.40. The number of benzene rings is 2. The number of aliphatic imine (C=N–C) groups is 2. The van der Waals surface area contributed by atoms with Gasteiger partial charge in [-0.05, 0) is 43.7 Å². The Kier molecular flexibility index (Phi) is 3.98. The van der Waals surface area contributed by atoms with E-state index in [0.29, 0.717) is 5.84 Å². The molecule has 0 aliphatic carbocycles. The molecular formula is C18H18BrN3O. The van der Waals surface area contributed by atoms with Gasteiger partial charge in [-0.15, -0.1) is 0 Å². The first-order valence-corrected chi connectivity index (χ1v) is 8.09. The number of methoxy groups -OCH3 is 1. The lowest BCUT2D eigenvalue weighted by atomic mass is 9.91. The summed E-state index contributed by atoms with van der Waals surface area (Å²) in [5, 5.41) is 0. The summed E-state index contributed by atoms with van der Waals surface area (Å²) < 4.78 is 6.34. The Morgan fingerprint density at radius 1 is 1.04 bits per heavy atom. The summed E-state index contributed by atoms with van der Waals surface area (Å²) in [6.07, 6.45) is 0. The van der Waals surface area contributed by atoms with Gasteiger partial charge in [0.25, 0.3) is 0 Å². The molecule has 1 unspecified atom stereocenters. The Bertz CT molecular complexity index is 809. The quantitative estimate of drug-likeness (QED) is 0.891. The second-order valence-electron chi connectivity index (χ2n) is 5.56. The van der Waals surface area contributed by atoms with Gasteiger partial charge in [-0.25, -0.2) is 9.98 Å². The summed E-state index contributed by atoms with van der Waals surface area (Å²) in [5.74, 6) is 1.31. The topological polar surface area (TPSA) is 60.0 Å². The van der Waals surface area contributed by atoms with E-state index in [0.717, 1.165) is 32.6 Å². The Labute approximate surface area is 144 Å². The van der Waals surface area contributed by atoms with Crippen molar-refractivity contribution >= 4 is 27.5 Å². The van der Waals surface area contributed by atoms with Gasteiger partial charge in [-0.2, -0.15) is 0 Å². The minimum atomic E-state index is -0.838. The van der Waals surface area contributed by atoms with Crippen LogP contribution < -0.4 is 10.5 Å². The molecule has 0 aromatic heterocycles. The maximum absolute atomic E-state index is 6.04. The third-order valence-electron chi connectivity index (χ3n) is 4.01. The smallest absolute Gasteiger partial charge is 0.204 e. The first-order chi connectivity index (χ1) is 11.0. The molecule has 1 atom stereocenters. The van der Waals surface area contributed by atoms with E-state index < -0.39 is 5.66 Å². The standard InChI is InChI=1S/C18H18BrN3O/c1-11-9-14(7-8-16(11)23-3)18(21-12(2)17(20)22-18)13-5-4-6-15(19)10-13/h4-10H,1-3H3,(H2,20,22). The van der Waals surface area contributed by atoms with E-state index in [1.807, 2.05) is 50.2 Å². The molecule has 1 heterocycles. The van der Waals surface area contributed by atoms with Gasteiger partial charge in [-0.3, -0.25) is 0 Å². The van der Waals surface area contributed by atoms with Crippen LogP contribution >= 0.6 is 15.9 Å². The van der Waals surface area contributed by atoms with Gasteiger partial charge in [0, 0.05) is 15.6 Å². The van der Waals surface area contributed by atoms with Crippen molar-refractivity contribution in [1.29, 1.82) is 0 Å². The van der Waals surface area contributed by atoms with E-state index in [2.05, 4.69) is 22.0 Å². The molecule has 0 saturated heterocycles. The third kappa shape index (κ3) is 2.65. The average molecular weight is 372 g/mol. The van der Waals surface area contributed by atoms with Crippen LogP contribution in [0.15, 0.2) is 56.9 Å². The Morgan fingerprint density at radius 3 is 2.35 bits per heavy atom.